The van der Waals surface area contributed by atoms with E-state index >= 15 is 0 Å². The number of methoxy groups -OCH3 is 2. The fourth-order valence-corrected chi connectivity index (χ4v) is 2.97. The lowest BCUT2D eigenvalue weighted by molar-refractivity contribution is 0.112. The minimum absolute atomic E-state index is 0. The maximum Gasteiger partial charge on any atom is 0.177 e. The third-order valence-electron chi connectivity index (χ3n) is 4.26. The molecule has 2 N–H and O–H groups in total. The van der Waals surface area contributed by atoms with Gasteiger partial charge in [0.05, 0.1) is 19.8 Å². The maximum absolute atomic E-state index is 11.8. The van der Waals surface area contributed by atoms with Crippen LogP contribution in [0.5, 0.6) is 17.2 Å². The molecule has 7 heteroatoms. The standard InChI is InChI=1S/C20H20O6.B/c1-24-17-10-13(5-6-16(17)23)19-15(11-22)14-8-12(4-3-7-21)9-18(25-2)20(14)26-19;/h5-6,8-11,21,23H,3-4,7H2,1-2H3;. The summed E-state index contributed by atoms with van der Waals surface area (Å²) in [6, 6.07) is 8.47. The van der Waals surface area contributed by atoms with Gasteiger partial charge in [0.15, 0.2) is 29.1 Å². The SMILES string of the molecule is COc1cc(-c2oc3c(OC)cc(CCCO)cc3c2C=O)ccc1O.[B]. The van der Waals surface area contributed by atoms with Crippen LogP contribution >= 0.6 is 0 Å². The monoisotopic (exact) mass is 367 g/mol. The number of aromatic hydroxyl groups is 1. The van der Waals surface area contributed by atoms with Gasteiger partial charge in [0.2, 0.25) is 0 Å². The lowest BCUT2D eigenvalue weighted by atomic mass is 10.0. The highest BCUT2D eigenvalue weighted by atomic mass is 16.5. The summed E-state index contributed by atoms with van der Waals surface area (Å²) in [6.45, 7) is 0.0881. The molecule has 2 aromatic carbocycles. The van der Waals surface area contributed by atoms with Gasteiger partial charge in [-0.1, -0.05) is 0 Å². The summed E-state index contributed by atoms with van der Waals surface area (Å²) in [5, 5.41) is 19.5. The number of hydrogen-bond donors (Lipinski definition) is 2. The summed E-state index contributed by atoms with van der Waals surface area (Å²) in [5.74, 6) is 1.20. The van der Waals surface area contributed by atoms with Crippen LogP contribution in [0.1, 0.15) is 22.3 Å². The van der Waals surface area contributed by atoms with Gasteiger partial charge in [-0.25, -0.2) is 0 Å². The predicted octanol–water partition coefficient (Wildman–Crippen LogP) is 3.18. The van der Waals surface area contributed by atoms with E-state index in [-0.39, 0.29) is 26.5 Å². The van der Waals surface area contributed by atoms with Gasteiger partial charge in [-0.05, 0) is 48.7 Å². The van der Waals surface area contributed by atoms with Crippen LogP contribution in [0.4, 0.5) is 0 Å². The van der Waals surface area contributed by atoms with Crippen LogP contribution in [0.2, 0.25) is 0 Å². The Kier molecular flexibility index (Phi) is 6.52. The molecule has 27 heavy (non-hydrogen) atoms. The van der Waals surface area contributed by atoms with Crippen molar-refractivity contribution < 1.29 is 28.9 Å². The third kappa shape index (κ3) is 3.78. The summed E-state index contributed by atoms with van der Waals surface area (Å²) in [7, 11) is 2.99. The second kappa shape index (κ2) is 8.64. The largest absolute Gasteiger partial charge is 0.504 e. The van der Waals surface area contributed by atoms with E-state index in [1.165, 1.54) is 20.3 Å². The fraction of sp³-hybridized carbons (Fsp3) is 0.250. The molecule has 0 atom stereocenters. The smallest absolute Gasteiger partial charge is 0.177 e. The Morgan fingerprint density at radius 2 is 1.85 bits per heavy atom. The second-order valence-corrected chi connectivity index (χ2v) is 5.85. The second-order valence-electron chi connectivity index (χ2n) is 5.85. The van der Waals surface area contributed by atoms with Gasteiger partial charge in [-0.3, -0.25) is 4.79 Å². The molecule has 3 aromatic rings. The zero-order valence-corrected chi connectivity index (χ0v) is 15.2. The van der Waals surface area contributed by atoms with Crippen LogP contribution in [0, 0.1) is 0 Å². The van der Waals surface area contributed by atoms with Gasteiger partial charge in [-0.15, -0.1) is 0 Å². The van der Waals surface area contributed by atoms with E-state index in [4.69, 9.17) is 19.0 Å². The van der Waals surface area contributed by atoms with Crippen molar-refractivity contribution in [3.05, 3.63) is 41.5 Å². The molecule has 139 valence electrons. The quantitative estimate of drug-likeness (QED) is 0.493. The van der Waals surface area contributed by atoms with Gasteiger partial charge < -0.3 is 24.1 Å². The van der Waals surface area contributed by atoms with Crippen molar-refractivity contribution in [1.29, 1.82) is 0 Å². The van der Waals surface area contributed by atoms with Crippen molar-refractivity contribution in [2.24, 2.45) is 0 Å². The molecule has 0 saturated heterocycles. The van der Waals surface area contributed by atoms with Crippen LogP contribution in [0.25, 0.3) is 22.3 Å². The molecule has 0 bridgehead atoms. The highest BCUT2D eigenvalue weighted by molar-refractivity contribution is 6.04. The van der Waals surface area contributed by atoms with Gasteiger partial charge >= 0.3 is 0 Å². The molecule has 3 rings (SSSR count). The number of aliphatic hydroxyl groups excluding tert-OH is 1. The molecule has 3 radical (unpaired) electrons. The molecule has 0 aliphatic rings. The van der Waals surface area contributed by atoms with Gasteiger partial charge in [0.1, 0.15) is 5.76 Å². The van der Waals surface area contributed by atoms with E-state index in [0.29, 0.717) is 46.4 Å². The van der Waals surface area contributed by atoms with Crippen molar-refractivity contribution in [2.45, 2.75) is 12.8 Å². The first-order chi connectivity index (χ1) is 12.6. The molecule has 0 saturated carbocycles. The first-order valence-electron chi connectivity index (χ1n) is 8.19. The molecule has 0 aliphatic heterocycles. The number of carbonyl (C=O) groups excluding carboxylic acids is 1. The number of ether oxygens (including phenoxy) is 2. The van der Waals surface area contributed by atoms with Crippen LogP contribution < -0.4 is 9.47 Å². The molecule has 1 aromatic heterocycles. The van der Waals surface area contributed by atoms with E-state index in [2.05, 4.69) is 0 Å². The van der Waals surface area contributed by atoms with Crippen molar-refractivity contribution in [1.82, 2.24) is 0 Å². The number of aldehydes is 1. The number of hydrogen-bond acceptors (Lipinski definition) is 6. The number of phenols is 1. The van der Waals surface area contributed by atoms with Crippen molar-refractivity contribution >= 4 is 25.7 Å². The van der Waals surface area contributed by atoms with Gasteiger partial charge in [0.25, 0.3) is 0 Å². The minimum Gasteiger partial charge on any atom is -0.504 e. The lowest BCUT2D eigenvalue weighted by Crippen LogP contribution is -1.92. The molecule has 0 spiro atoms. The number of aliphatic hydroxyl groups is 1. The van der Waals surface area contributed by atoms with Crippen molar-refractivity contribution in [2.75, 3.05) is 20.8 Å². The average Bonchev–Trinajstić information content (AvgIpc) is 3.04. The normalized spacial score (nSPS) is 10.5. The number of phenolic OH excluding ortho intramolecular Hbond substituents is 1. The van der Waals surface area contributed by atoms with Crippen molar-refractivity contribution in [3.8, 4) is 28.6 Å². The third-order valence-corrected chi connectivity index (χ3v) is 4.26. The Bertz CT molecular complexity index is 947. The Morgan fingerprint density at radius 1 is 1.11 bits per heavy atom. The van der Waals surface area contributed by atoms with Gasteiger partial charge in [0, 0.05) is 26.0 Å². The molecular formula is C20H20BO6. The number of furan rings is 1. The maximum atomic E-state index is 11.8. The Morgan fingerprint density at radius 3 is 2.48 bits per heavy atom. The van der Waals surface area contributed by atoms with E-state index in [1.54, 1.807) is 12.1 Å². The summed E-state index contributed by atoms with van der Waals surface area (Å²) < 4.78 is 16.5. The number of benzene rings is 2. The number of carbonyl (C=O) groups is 1. The minimum atomic E-state index is 0. The van der Waals surface area contributed by atoms with E-state index in [0.717, 1.165) is 11.8 Å². The van der Waals surface area contributed by atoms with Crippen molar-refractivity contribution in [3.63, 3.8) is 0 Å². The predicted molar refractivity (Wildman–Crippen MR) is 103 cm³/mol. The Balaban J connectivity index is 0.00000261. The van der Waals surface area contributed by atoms with Crippen LogP contribution in [0.3, 0.4) is 0 Å². The fourth-order valence-electron chi connectivity index (χ4n) is 2.97. The molecule has 0 amide bonds. The average molecular weight is 367 g/mol. The van der Waals surface area contributed by atoms with Gasteiger partial charge in [-0.2, -0.15) is 0 Å². The summed E-state index contributed by atoms with van der Waals surface area (Å²) in [5.41, 5.74) is 2.43. The van der Waals surface area contributed by atoms with E-state index in [1.807, 2.05) is 12.1 Å². The highest BCUT2D eigenvalue weighted by Gasteiger charge is 2.20. The van der Waals surface area contributed by atoms with Crippen LogP contribution in [0.15, 0.2) is 34.7 Å². The van der Waals surface area contributed by atoms with Crippen LogP contribution in [-0.4, -0.2) is 45.7 Å². The zero-order chi connectivity index (χ0) is 18.7. The van der Waals surface area contributed by atoms with Crippen LogP contribution in [-0.2, 0) is 6.42 Å². The number of aryl methyl sites for hydroxylation is 1. The molecule has 1 heterocycles. The lowest BCUT2D eigenvalue weighted by Gasteiger charge is -2.05. The highest BCUT2D eigenvalue weighted by Crippen LogP contribution is 2.40. The molecule has 0 aliphatic carbocycles. The Hall–Kier alpha value is -2.93. The van der Waals surface area contributed by atoms with E-state index < -0.39 is 0 Å². The molecular weight excluding hydrogens is 347 g/mol. The summed E-state index contributed by atoms with van der Waals surface area (Å²) in [4.78, 5) is 11.8. The molecule has 6 nitrogen and oxygen atoms in total. The first kappa shape index (κ1) is 20.4. The first-order valence-corrected chi connectivity index (χ1v) is 8.19. The number of rotatable bonds is 7. The number of fused-ring (bicyclic) bond motifs is 1. The Labute approximate surface area is 158 Å². The topological polar surface area (TPSA) is 89.1 Å². The molecule has 0 fully saturated rings. The zero-order valence-electron chi connectivity index (χ0n) is 15.2. The summed E-state index contributed by atoms with van der Waals surface area (Å²) in [6.07, 6.45) is 2.02. The van der Waals surface area contributed by atoms with E-state index in [9.17, 15) is 9.90 Å². The molecule has 0 unspecified atom stereocenters. The summed E-state index contributed by atoms with van der Waals surface area (Å²) >= 11 is 0.